The first kappa shape index (κ1) is 16.2. The van der Waals surface area contributed by atoms with Crippen LogP contribution >= 0.6 is 11.6 Å². The third-order valence-corrected chi connectivity index (χ3v) is 3.91. The van der Waals surface area contributed by atoms with Crippen LogP contribution in [-0.4, -0.2) is 30.0 Å². The van der Waals surface area contributed by atoms with Crippen LogP contribution in [0.4, 0.5) is 0 Å². The smallest absolute Gasteiger partial charge is 0.223 e. The van der Waals surface area contributed by atoms with Crippen molar-refractivity contribution in [2.75, 3.05) is 14.2 Å². The molecule has 0 spiro atoms. The van der Waals surface area contributed by atoms with E-state index in [1.54, 1.807) is 32.4 Å². The van der Waals surface area contributed by atoms with E-state index in [1.165, 1.54) is 6.92 Å². The first-order valence-electron chi connectivity index (χ1n) is 7.24. The van der Waals surface area contributed by atoms with Crippen molar-refractivity contribution in [2.45, 2.75) is 6.92 Å². The van der Waals surface area contributed by atoms with Gasteiger partial charge in [0.2, 0.25) is 5.28 Å². The van der Waals surface area contributed by atoms with Gasteiger partial charge in [0.05, 0.1) is 25.4 Å². The molecule has 1 heterocycles. The molecule has 1 aromatic heterocycles. The van der Waals surface area contributed by atoms with Crippen molar-refractivity contribution in [3.05, 3.63) is 47.2 Å². The molecule has 0 N–H and O–H groups in total. The van der Waals surface area contributed by atoms with Gasteiger partial charge < -0.3 is 9.47 Å². The fraction of sp³-hybridized carbons (Fsp3) is 0.167. The lowest BCUT2D eigenvalue weighted by Gasteiger charge is -2.12. The summed E-state index contributed by atoms with van der Waals surface area (Å²) in [4.78, 5) is 20.0. The number of nitrogens with zero attached hydrogens (tertiary/aromatic N) is 2. The van der Waals surface area contributed by atoms with Crippen molar-refractivity contribution >= 4 is 28.3 Å². The number of aromatic nitrogens is 2. The number of carbonyl (C=O) groups excluding carboxylic acids is 1. The minimum absolute atomic E-state index is 0.0125. The second-order valence-electron chi connectivity index (χ2n) is 5.20. The summed E-state index contributed by atoms with van der Waals surface area (Å²) < 4.78 is 10.7. The second-order valence-corrected chi connectivity index (χ2v) is 5.54. The Bertz CT molecular complexity index is 924. The van der Waals surface area contributed by atoms with Crippen LogP contribution < -0.4 is 9.47 Å². The van der Waals surface area contributed by atoms with Crippen molar-refractivity contribution in [3.63, 3.8) is 0 Å². The average Bonchev–Trinajstić information content (AvgIpc) is 2.59. The SMILES string of the molecule is COc1cc2nc(Cl)nc(-c3ccc(C(C)=O)cc3)c2cc1OC. The van der Waals surface area contributed by atoms with Gasteiger partial charge in [0.1, 0.15) is 0 Å². The van der Waals surface area contributed by atoms with Crippen LogP contribution in [0.3, 0.4) is 0 Å². The normalized spacial score (nSPS) is 10.7. The molecular formula is C18H15ClN2O3. The van der Waals surface area contributed by atoms with Gasteiger partial charge >= 0.3 is 0 Å². The van der Waals surface area contributed by atoms with Gasteiger partial charge in [0.15, 0.2) is 17.3 Å². The molecule has 0 amide bonds. The number of hydrogen-bond acceptors (Lipinski definition) is 5. The topological polar surface area (TPSA) is 61.3 Å². The molecule has 0 unspecified atom stereocenters. The van der Waals surface area contributed by atoms with Crippen LogP contribution in [0.25, 0.3) is 22.2 Å². The van der Waals surface area contributed by atoms with Crippen LogP contribution in [0, 0.1) is 0 Å². The molecule has 24 heavy (non-hydrogen) atoms. The molecule has 0 saturated heterocycles. The summed E-state index contributed by atoms with van der Waals surface area (Å²) in [5.74, 6) is 1.16. The van der Waals surface area contributed by atoms with E-state index in [0.717, 1.165) is 10.9 Å². The molecule has 6 heteroatoms. The maximum Gasteiger partial charge on any atom is 0.223 e. The van der Waals surface area contributed by atoms with Crippen LogP contribution in [0.1, 0.15) is 17.3 Å². The fourth-order valence-electron chi connectivity index (χ4n) is 2.51. The summed E-state index contributed by atoms with van der Waals surface area (Å²) in [6.07, 6.45) is 0. The summed E-state index contributed by atoms with van der Waals surface area (Å²) in [6.45, 7) is 1.53. The van der Waals surface area contributed by atoms with Gasteiger partial charge in [0, 0.05) is 22.6 Å². The number of halogens is 1. The van der Waals surface area contributed by atoms with Crippen LogP contribution in [-0.2, 0) is 0 Å². The second kappa shape index (κ2) is 6.45. The van der Waals surface area contributed by atoms with Crippen LogP contribution in [0.2, 0.25) is 5.28 Å². The minimum atomic E-state index is 0.0125. The zero-order valence-electron chi connectivity index (χ0n) is 13.5. The Balaban J connectivity index is 2.24. The number of rotatable bonds is 4. The standard InChI is InChI=1S/C18H15ClN2O3/c1-10(22)11-4-6-12(7-5-11)17-13-8-15(23-2)16(24-3)9-14(13)20-18(19)21-17/h4-9H,1-3H3. The lowest BCUT2D eigenvalue weighted by Crippen LogP contribution is -1.96. The maximum absolute atomic E-state index is 11.4. The molecule has 3 aromatic rings. The molecule has 0 bridgehead atoms. The van der Waals surface area contributed by atoms with Crippen molar-refractivity contribution in [2.24, 2.45) is 0 Å². The third kappa shape index (κ3) is 2.90. The first-order valence-corrected chi connectivity index (χ1v) is 7.62. The number of hydrogen-bond donors (Lipinski definition) is 0. The minimum Gasteiger partial charge on any atom is -0.493 e. The summed E-state index contributed by atoms with van der Waals surface area (Å²) in [5.41, 5.74) is 2.79. The predicted molar refractivity (Wildman–Crippen MR) is 93.1 cm³/mol. The Labute approximate surface area is 144 Å². The molecular weight excluding hydrogens is 328 g/mol. The van der Waals surface area contributed by atoms with E-state index < -0.39 is 0 Å². The molecule has 0 saturated carbocycles. The lowest BCUT2D eigenvalue weighted by molar-refractivity contribution is 0.101. The predicted octanol–water partition coefficient (Wildman–Crippen LogP) is 4.17. The van der Waals surface area contributed by atoms with E-state index in [9.17, 15) is 4.79 Å². The Morgan fingerprint density at radius 2 is 1.62 bits per heavy atom. The molecule has 3 rings (SSSR count). The number of methoxy groups -OCH3 is 2. The molecule has 0 aliphatic heterocycles. The Morgan fingerprint density at radius 1 is 1.00 bits per heavy atom. The van der Waals surface area contributed by atoms with Crippen molar-refractivity contribution in [1.29, 1.82) is 0 Å². The zero-order valence-corrected chi connectivity index (χ0v) is 14.2. The fourth-order valence-corrected chi connectivity index (χ4v) is 2.69. The van der Waals surface area contributed by atoms with E-state index in [2.05, 4.69) is 9.97 Å². The Hall–Kier alpha value is -2.66. The molecule has 2 aromatic carbocycles. The Morgan fingerprint density at radius 3 is 2.21 bits per heavy atom. The van der Waals surface area contributed by atoms with Gasteiger partial charge in [-0.3, -0.25) is 4.79 Å². The van der Waals surface area contributed by atoms with Gasteiger partial charge in [-0.2, -0.15) is 0 Å². The van der Waals surface area contributed by atoms with Crippen molar-refractivity contribution in [1.82, 2.24) is 9.97 Å². The summed E-state index contributed by atoms with van der Waals surface area (Å²) in [6, 6.07) is 10.8. The molecule has 0 atom stereocenters. The lowest BCUT2D eigenvalue weighted by atomic mass is 10.0. The molecule has 0 fully saturated rings. The molecule has 122 valence electrons. The summed E-state index contributed by atoms with van der Waals surface area (Å²) in [7, 11) is 3.13. The average molecular weight is 343 g/mol. The van der Waals surface area contributed by atoms with E-state index in [-0.39, 0.29) is 11.1 Å². The summed E-state index contributed by atoms with van der Waals surface area (Å²) in [5, 5.41) is 0.924. The first-order chi connectivity index (χ1) is 11.5. The highest BCUT2D eigenvalue weighted by Crippen LogP contribution is 2.36. The Kier molecular flexibility index (Phi) is 4.36. The van der Waals surface area contributed by atoms with Gasteiger partial charge in [-0.05, 0) is 24.6 Å². The van der Waals surface area contributed by atoms with Crippen LogP contribution in [0.15, 0.2) is 36.4 Å². The van der Waals surface area contributed by atoms with Crippen molar-refractivity contribution in [3.8, 4) is 22.8 Å². The van der Waals surface area contributed by atoms with Crippen molar-refractivity contribution < 1.29 is 14.3 Å². The molecule has 5 nitrogen and oxygen atoms in total. The van der Waals surface area contributed by atoms with E-state index >= 15 is 0 Å². The number of ketones is 1. The van der Waals surface area contributed by atoms with Gasteiger partial charge in [-0.1, -0.05) is 24.3 Å². The zero-order chi connectivity index (χ0) is 17.3. The highest BCUT2D eigenvalue weighted by molar-refractivity contribution is 6.28. The third-order valence-electron chi connectivity index (χ3n) is 3.74. The number of carbonyl (C=O) groups is 1. The van der Waals surface area contributed by atoms with E-state index in [0.29, 0.717) is 28.3 Å². The van der Waals surface area contributed by atoms with Gasteiger partial charge in [-0.15, -0.1) is 0 Å². The quantitative estimate of drug-likeness (QED) is 0.526. The number of ether oxygens (including phenoxy) is 2. The van der Waals surface area contributed by atoms with E-state index in [4.69, 9.17) is 21.1 Å². The summed E-state index contributed by atoms with van der Waals surface area (Å²) >= 11 is 6.08. The largest absolute Gasteiger partial charge is 0.493 e. The molecule has 0 aliphatic rings. The monoisotopic (exact) mass is 342 g/mol. The van der Waals surface area contributed by atoms with Crippen LogP contribution in [0.5, 0.6) is 11.5 Å². The number of Topliss-reactive ketones (excluding diaryl/α,β-unsaturated/α-hetero) is 1. The van der Waals surface area contributed by atoms with E-state index in [1.807, 2.05) is 18.2 Å². The maximum atomic E-state index is 11.4. The van der Waals surface area contributed by atoms with Gasteiger partial charge in [-0.25, -0.2) is 9.97 Å². The highest BCUT2D eigenvalue weighted by atomic mass is 35.5. The van der Waals surface area contributed by atoms with Gasteiger partial charge in [0.25, 0.3) is 0 Å². The highest BCUT2D eigenvalue weighted by Gasteiger charge is 2.14. The molecule has 0 aliphatic carbocycles. The number of fused-ring (bicyclic) bond motifs is 1. The number of benzene rings is 2. The molecule has 0 radical (unpaired) electrons.